The molecule has 2 rings (SSSR count). The van der Waals surface area contributed by atoms with Gasteiger partial charge >= 0.3 is 6.09 Å². The second-order valence-corrected chi connectivity index (χ2v) is 11.1. The third-order valence-corrected chi connectivity index (χ3v) is 6.12. The minimum absolute atomic E-state index is 0.298. The lowest BCUT2D eigenvalue weighted by molar-refractivity contribution is 0.0242. The van der Waals surface area contributed by atoms with Crippen LogP contribution in [-0.2, 0) is 4.74 Å². The van der Waals surface area contributed by atoms with Crippen LogP contribution in [0.2, 0.25) is 0 Å². The summed E-state index contributed by atoms with van der Waals surface area (Å²) in [7, 11) is 2.88. The second-order valence-electron chi connectivity index (χ2n) is 10.4. The number of hydrogen-bond donors (Lipinski definition) is 0. The Bertz CT molecular complexity index is 992. The summed E-state index contributed by atoms with van der Waals surface area (Å²) in [6.07, 6.45) is 9.62. The van der Waals surface area contributed by atoms with Crippen LogP contribution in [-0.4, -0.2) is 52.0 Å². The van der Waals surface area contributed by atoms with E-state index in [0.717, 1.165) is 37.1 Å². The van der Waals surface area contributed by atoms with E-state index in [4.69, 9.17) is 19.2 Å². The minimum Gasteiger partial charge on any atom is -0.477 e. The van der Waals surface area contributed by atoms with Crippen molar-refractivity contribution in [3.63, 3.8) is 0 Å². The molecular formula is C28H45N4O4P. The number of ether oxygens (including phenoxy) is 3. The molecule has 206 valence electrons. The van der Waals surface area contributed by atoms with E-state index in [0.29, 0.717) is 43.4 Å². The maximum Gasteiger partial charge on any atom is 0.410 e. The van der Waals surface area contributed by atoms with Crippen molar-refractivity contribution in [2.45, 2.75) is 99.0 Å². The van der Waals surface area contributed by atoms with Crippen LogP contribution in [0.15, 0.2) is 34.2 Å². The van der Waals surface area contributed by atoms with Gasteiger partial charge in [-0.05, 0) is 72.0 Å². The molecule has 8 nitrogen and oxygen atoms in total. The number of aliphatic imine (C=N–C) groups is 1. The lowest BCUT2D eigenvalue weighted by Crippen LogP contribution is -2.38. The summed E-state index contributed by atoms with van der Waals surface area (Å²) in [6, 6.07) is 0. The largest absolute Gasteiger partial charge is 0.477 e. The van der Waals surface area contributed by atoms with Gasteiger partial charge in [-0.25, -0.2) is 14.8 Å². The zero-order valence-corrected chi connectivity index (χ0v) is 24.9. The molecule has 9 heteroatoms. The molecule has 1 unspecified atom stereocenters. The standard InChI is InChI=1S/C28H45N4O4P/c1-8-11-23(17-24(37)22-12-13-22)31-20(3)18-35-26-21(4)25(29-19-30-26)34-16-10-15-32(14-9-2)27(33)36-28(5,6)7/h18-19H,8-17,37H2,1-7H3/b20-18+,31-23?. The first-order valence-corrected chi connectivity index (χ1v) is 13.9. The Kier molecular flexibility index (Phi) is 12.5. The molecule has 1 aliphatic carbocycles. The van der Waals surface area contributed by atoms with E-state index in [1.165, 1.54) is 24.5 Å². The van der Waals surface area contributed by atoms with Crippen LogP contribution in [0.5, 0.6) is 11.8 Å². The molecule has 1 fully saturated rings. The first-order valence-electron chi connectivity index (χ1n) is 13.3. The Balaban J connectivity index is 1.94. The van der Waals surface area contributed by atoms with Gasteiger partial charge in [0.15, 0.2) is 0 Å². The molecule has 1 saturated carbocycles. The predicted molar refractivity (Wildman–Crippen MR) is 152 cm³/mol. The van der Waals surface area contributed by atoms with Crippen molar-refractivity contribution >= 4 is 21.0 Å². The Morgan fingerprint density at radius 2 is 1.86 bits per heavy atom. The highest BCUT2D eigenvalue weighted by Gasteiger charge is 2.21. The molecule has 1 aromatic rings. The molecule has 0 spiro atoms. The van der Waals surface area contributed by atoms with Crippen LogP contribution in [0, 0.1) is 6.92 Å². The number of rotatable bonds is 14. The van der Waals surface area contributed by atoms with E-state index in [1.807, 2.05) is 41.5 Å². The van der Waals surface area contributed by atoms with E-state index >= 15 is 0 Å². The maximum atomic E-state index is 12.4. The predicted octanol–water partition coefficient (Wildman–Crippen LogP) is 7.00. The normalized spacial score (nSPS) is 13.9. The van der Waals surface area contributed by atoms with Crippen LogP contribution >= 0.6 is 9.24 Å². The number of aromatic nitrogens is 2. The number of carbonyl (C=O) groups is 1. The maximum absolute atomic E-state index is 12.4. The van der Waals surface area contributed by atoms with E-state index in [2.05, 4.69) is 26.1 Å². The van der Waals surface area contributed by atoms with Crippen LogP contribution in [0.25, 0.3) is 0 Å². The van der Waals surface area contributed by atoms with E-state index < -0.39 is 5.60 Å². The summed E-state index contributed by atoms with van der Waals surface area (Å²) in [5.74, 6) is 0.902. The molecule has 1 aromatic heterocycles. The summed E-state index contributed by atoms with van der Waals surface area (Å²) < 4.78 is 17.3. The molecule has 0 saturated heterocycles. The van der Waals surface area contributed by atoms with Crippen molar-refractivity contribution < 1.29 is 19.0 Å². The number of amides is 1. The lowest BCUT2D eigenvalue weighted by atomic mass is 10.1. The van der Waals surface area contributed by atoms with Gasteiger partial charge < -0.3 is 19.1 Å². The molecule has 0 N–H and O–H groups in total. The monoisotopic (exact) mass is 532 g/mol. The Labute approximate surface area is 225 Å². The molecule has 1 atom stereocenters. The van der Waals surface area contributed by atoms with Gasteiger partial charge in [0.2, 0.25) is 11.8 Å². The van der Waals surface area contributed by atoms with Crippen molar-refractivity contribution in [2.24, 2.45) is 4.99 Å². The molecule has 0 radical (unpaired) electrons. The minimum atomic E-state index is -0.518. The molecule has 37 heavy (non-hydrogen) atoms. The van der Waals surface area contributed by atoms with Gasteiger partial charge in [0.05, 0.1) is 17.9 Å². The van der Waals surface area contributed by atoms with E-state index in [1.54, 1.807) is 16.7 Å². The SMILES string of the molecule is CCCC(CC(P)=C1CC1)=N/C(C)=C/Oc1ncnc(OCCCN(CCC)C(=O)OC(C)(C)C)c1C. The molecule has 0 aliphatic heterocycles. The van der Waals surface area contributed by atoms with Gasteiger partial charge in [-0.3, -0.25) is 4.99 Å². The topological polar surface area (TPSA) is 86.1 Å². The molecule has 1 aliphatic rings. The third kappa shape index (κ3) is 11.6. The summed E-state index contributed by atoms with van der Waals surface area (Å²) in [5, 5.41) is 1.37. The Hall–Kier alpha value is -2.47. The van der Waals surface area contributed by atoms with Gasteiger partial charge in [0, 0.05) is 25.2 Å². The lowest BCUT2D eigenvalue weighted by Gasteiger charge is -2.27. The Morgan fingerprint density at radius 1 is 1.16 bits per heavy atom. The highest BCUT2D eigenvalue weighted by atomic mass is 31.0. The number of carbonyl (C=O) groups excluding carboxylic acids is 1. The zero-order valence-electron chi connectivity index (χ0n) is 23.7. The second kappa shape index (κ2) is 15.1. The molecule has 1 amide bonds. The molecule has 1 heterocycles. The van der Waals surface area contributed by atoms with Crippen molar-refractivity contribution in [3.05, 3.63) is 34.7 Å². The van der Waals surface area contributed by atoms with Crippen molar-refractivity contribution in [1.82, 2.24) is 14.9 Å². The van der Waals surface area contributed by atoms with Gasteiger partial charge in [0.1, 0.15) is 18.2 Å². The highest BCUT2D eigenvalue weighted by Crippen LogP contribution is 2.36. The number of allylic oxidation sites excluding steroid dienone is 3. The van der Waals surface area contributed by atoms with E-state index in [-0.39, 0.29) is 6.09 Å². The summed E-state index contributed by atoms with van der Waals surface area (Å²) in [4.78, 5) is 27.5. The molecular weight excluding hydrogens is 487 g/mol. The smallest absolute Gasteiger partial charge is 0.410 e. The van der Waals surface area contributed by atoms with Crippen molar-refractivity contribution in [2.75, 3.05) is 19.7 Å². The highest BCUT2D eigenvalue weighted by molar-refractivity contribution is 7.22. The first-order chi connectivity index (χ1) is 17.5. The first kappa shape index (κ1) is 30.8. The van der Waals surface area contributed by atoms with Gasteiger partial charge in [0.25, 0.3) is 0 Å². The zero-order chi connectivity index (χ0) is 27.4. The van der Waals surface area contributed by atoms with Crippen molar-refractivity contribution in [1.29, 1.82) is 0 Å². The summed E-state index contributed by atoms with van der Waals surface area (Å²) >= 11 is 0. The van der Waals surface area contributed by atoms with Crippen molar-refractivity contribution in [3.8, 4) is 11.8 Å². The fourth-order valence-corrected chi connectivity index (χ4v) is 4.14. The van der Waals surface area contributed by atoms with Gasteiger partial charge in [-0.1, -0.05) is 25.8 Å². The molecule has 0 bridgehead atoms. The van der Waals surface area contributed by atoms with Crippen LogP contribution in [0.1, 0.15) is 92.1 Å². The molecule has 0 aromatic carbocycles. The van der Waals surface area contributed by atoms with Crippen LogP contribution in [0.3, 0.4) is 0 Å². The summed E-state index contributed by atoms with van der Waals surface area (Å²) in [6.45, 7) is 15.2. The fourth-order valence-electron chi connectivity index (χ4n) is 3.62. The van der Waals surface area contributed by atoms with Crippen LogP contribution in [0.4, 0.5) is 4.79 Å². The Morgan fingerprint density at radius 3 is 2.49 bits per heavy atom. The van der Waals surface area contributed by atoms with Crippen LogP contribution < -0.4 is 9.47 Å². The summed E-state index contributed by atoms with van der Waals surface area (Å²) in [5.41, 5.74) is 3.69. The average molecular weight is 533 g/mol. The van der Waals surface area contributed by atoms with Gasteiger partial charge in [-0.15, -0.1) is 9.24 Å². The van der Waals surface area contributed by atoms with Gasteiger partial charge in [-0.2, -0.15) is 0 Å². The number of hydrogen-bond acceptors (Lipinski definition) is 7. The third-order valence-electron chi connectivity index (χ3n) is 5.51. The average Bonchev–Trinajstić information content (AvgIpc) is 3.66. The fraction of sp³-hybridized carbons (Fsp3) is 0.643. The quantitative estimate of drug-likeness (QED) is 0.111. The van der Waals surface area contributed by atoms with E-state index in [9.17, 15) is 4.79 Å². The number of nitrogens with zero attached hydrogens (tertiary/aromatic N) is 4.